The molecule has 2 aromatic carbocycles. The van der Waals surface area contributed by atoms with E-state index >= 15 is 0 Å². The van der Waals surface area contributed by atoms with E-state index in [4.69, 9.17) is 4.74 Å². The second-order valence-electron chi connectivity index (χ2n) is 12.9. The molecule has 1 N–H and O–H groups in total. The van der Waals surface area contributed by atoms with Crippen molar-refractivity contribution in [2.45, 2.75) is 57.9 Å². The largest absolute Gasteiger partial charge is 0.395 e. The summed E-state index contributed by atoms with van der Waals surface area (Å²) in [5, 5.41) is 10.1. The molecule has 0 saturated carbocycles. The highest BCUT2D eigenvalue weighted by Gasteiger charge is 2.80. The molecule has 2 aromatic rings. The van der Waals surface area contributed by atoms with Gasteiger partial charge in [0.05, 0.1) is 24.0 Å². The first-order valence-electron chi connectivity index (χ1n) is 16.4. The van der Waals surface area contributed by atoms with Crippen LogP contribution in [0, 0.1) is 17.8 Å². The van der Waals surface area contributed by atoms with Gasteiger partial charge in [-0.2, -0.15) is 0 Å². The van der Waals surface area contributed by atoms with E-state index in [1.165, 1.54) is 4.90 Å². The zero-order valence-corrected chi connectivity index (χ0v) is 27.6. The molecule has 9 nitrogen and oxygen atoms in total. The second-order valence-corrected chi connectivity index (χ2v) is 12.9. The number of hydrogen-bond donors (Lipinski definition) is 1. The second kappa shape index (κ2) is 13.4. The van der Waals surface area contributed by atoms with Gasteiger partial charge >= 0.3 is 0 Å². The minimum absolute atomic E-state index is 0.0356. The van der Waals surface area contributed by atoms with Gasteiger partial charge in [-0.05, 0) is 62.9 Å². The van der Waals surface area contributed by atoms with Crippen LogP contribution in [0.1, 0.15) is 39.7 Å². The molecule has 46 heavy (non-hydrogen) atoms. The van der Waals surface area contributed by atoms with E-state index in [1.54, 1.807) is 22.0 Å². The van der Waals surface area contributed by atoms with E-state index in [0.717, 1.165) is 24.3 Å². The molecule has 5 rings (SSSR count). The van der Waals surface area contributed by atoms with Crippen molar-refractivity contribution >= 4 is 29.1 Å². The van der Waals surface area contributed by atoms with Crippen molar-refractivity contribution < 1.29 is 24.2 Å². The van der Waals surface area contributed by atoms with Crippen molar-refractivity contribution in [1.29, 1.82) is 0 Å². The maximum atomic E-state index is 14.8. The van der Waals surface area contributed by atoms with Crippen LogP contribution in [0.15, 0.2) is 79.9 Å². The molecule has 3 saturated heterocycles. The van der Waals surface area contributed by atoms with Crippen molar-refractivity contribution in [3.05, 3.63) is 85.5 Å². The summed E-state index contributed by atoms with van der Waals surface area (Å²) in [6.07, 6.45) is 3.80. The number of likely N-dealkylation sites (tertiary alicyclic amines) is 1. The number of β-amino-alcohol motifs (C(OH)–C–C–N with tert-alkyl or cyclic N) is 1. The lowest BCUT2D eigenvalue weighted by atomic mass is 9.62. The number of carbonyl (C=O) groups is 3. The van der Waals surface area contributed by atoms with Gasteiger partial charge in [-0.25, -0.2) is 0 Å². The zero-order valence-electron chi connectivity index (χ0n) is 27.6. The van der Waals surface area contributed by atoms with Crippen LogP contribution in [0.3, 0.4) is 0 Å². The van der Waals surface area contributed by atoms with Gasteiger partial charge in [0.1, 0.15) is 11.6 Å². The molecule has 1 spiro atoms. The average molecular weight is 629 g/mol. The van der Waals surface area contributed by atoms with Gasteiger partial charge in [0.15, 0.2) is 0 Å². The molecule has 3 unspecified atom stereocenters. The van der Waals surface area contributed by atoms with Crippen LogP contribution in [0.2, 0.25) is 0 Å². The van der Waals surface area contributed by atoms with Gasteiger partial charge in [-0.15, -0.1) is 13.2 Å². The average Bonchev–Trinajstić information content (AvgIpc) is 3.57. The monoisotopic (exact) mass is 628 g/mol. The molecule has 0 aliphatic carbocycles. The standard InChI is InChI=1S/C37H48N4O5/c1-7-20-39(25-27-14-12-11-13-15-27)33(43)30-31-34(44)41(22-23-42)32(37(31)24-26(5)36(30,6)46-37)35(45)40(21-8-2)29-18-16-28(17-19-29)38(9-3)10-4/h7-8,11-19,26,30-32,42H,1-2,9-10,20-25H2,3-6H3/t26?,30-,31-,32?,36+,37?/m0/s1. The SMILES string of the molecule is C=CCN(Cc1ccccc1)C(=O)[C@@H]1[C@H]2C(=O)N(CCO)C(C(=O)N(CC=C)c3ccc(N(CC)CC)cc3)C23CC(C)[C@@]1(C)O3. The smallest absolute Gasteiger partial charge is 0.253 e. The molecule has 3 heterocycles. The van der Waals surface area contributed by atoms with Crippen LogP contribution >= 0.6 is 0 Å². The first kappa shape index (κ1) is 33.4. The Balaban J connectivity index is 1.54. The third-order valence-corrected chi connectivity index (χ3v) is 10.4. The molecule has 3 amide bonds. The summed E-state index contributed by atoms with van der Waals surface area (Å²) in [5.41, 5.74) is 0.527. The van der Waals surface area contributed by atoms with E-state index < -0.39 is 29.1 Å². The molecule has 6 atom stereocenters. The topological polar surface area (TPSA) is 93.6 Å². The fourth-order valence-corrected chi connectivity index (χ4v) is 8.16. The molecule has 0 radical (unpaired) electrons. The van der Waals surface area contributed by atoms with Gasteiger partial charge in [0, 0.05) is 50.6 Å². The first-order chi connectivity index (χ1) is 22.1. The lowest BCUT2D eigenvalue weighted by Crippen LogP contribution is -2.57. The lowest BCUT2D eigenvalue weighted by molar-refractivity contribution is -0.152. The highest BCUT2D eigenvalue weighted by Crippen LogP contribution is 2.65. The number of ether oxygens (including phenoxy) is 1. The van der Waals surface area contributed by atoms with Crippen molar-refractivity contribution in [3.63, 3.8) is 0 Å². The molecule has 3 aliphatic rings. The van der Waals surface area contributed by atoms with Crippen molar-refractivity contribution in [2.75, 3.05) is 49.1 Å². The number of fused-ring (bicyclic) bond motifs is 1. The van der Waals surface area contributed by atoms with Crippen LogP contribution in [-0.4, -0.2) is 89.2 Å². The number of benzene rings is 2. The number of rotatable bonds is 14. The summed E-state index contributed by atoms with van der Waals surface area (Å²) in [6, 6.07) is 16.5. The number of hydrogen-bond acceptors (Lipinski definition) is 6. The van der Waals surface area contributed by atoms with Crippen molar-refractivity contribution in [3.8, 4) is 0 Å². The fraction of sp³-hybridized carbons (Fsp3) is 0.486. The van der Waals surface area contributed by atoms with Crippen LogP contribution in [0.25, 0.3) is 0 Å². The summed E-state index contributed by atoms with van der Waals surface area (Å²) in [5.74, 6) is -2.58. The highest BCUT2D eigenvalue weighted by molar-refractivity contribution is 6.05. The quantitative estimate of drug-likeness (QED) is 0.314. The number of amides is 3. The highest BCUT2D eigenvalue weighted by atomic mass is 16.5. The molecular weight excluding hydrogens is 580 g/mol. The van der Waals surface area contributed by atoms with E-state index in [1.807, 2.05) is 68.4 Å². The van der Waals surface area contributed by atoms with Gasteiger partial charge in [-0.3, -0.25) is 14.4 Å². The van der Waals surface area contributed by atoms with Gasteiger partial charge < -0.3 is 29.4 Å². The van der Waals surface area contributed by atoms with Crippen LogP contribution < -0.4 is 9.80 Å². The molecule has 246 valence electrons. The van der Waals surface area contributed by atoms with Crippen molar-refractivity contribution in [2.24, 2.45) is 17.8 Å². The maximum Gasteiger partial charge on any atom is 0.253 e. The number of anilines is 2. The summed E-state index contributed by atoms with van der Waals surface area (Å²) >= 11 is 0. The number of aliphatic hydroxyl groups is 1. The molecule has 9 heteroatoms. The number of carbonyl (C=O) groups excluding carboxylic acids is 3. The van der Waals surface area contributed by atoms with Gasteiger partial charge in [0.25, 0.3) is 5.91 Å². The zero-order chi connectivity index (χ0) is 33.2. The van der Waals surface area contributed by atoms with Gasteiger partial charge in [0.2, 0.25) is 11.8 Å². The van der Waals surface area contributed by atoms with Crippen LogP contribution in [-0.2, 0) is 25.7 Å². The molecular formula is C37H48N4O5. The molecule has 3 aliphatic heterocycles. The summed E-state index contributed by atoms with van der Waals surface area (Å²) < 4.78 is 6.92. The van der Waals surface area contributed by atoms with E-state index in [9.17, 15) is 19.5 Å². The summed E-state index contributed by atoms with van der Waals surface area (Å²) in [4.78, 5) is 50.8. The number of nitrogens with zero attached hydrogens (tertiary/aromatic N) is 4. The fourth-order valence-electron chi connectivity index (χ4n) is 8.16. The maximum absolute atomic E-state index is 14.8. The predicted molar refractivity (Wildman–Crippen MR) is 180 cm³/mol. The number of aliphatic hydroxyl groups excluding tert-OH is 1. The minimum Gasteiger partial charge on any atom is -0.395 e. The van der Waals surface area contributed by atoms with E-state index in [2.05, 4.69) is 31.9 Å². The van der Waals surface area contributed by atoms with E-state index in [0.29, 0.717) is 25.2 Å². The molecule has 2 bridgehead atoms. The lowest BCUT2D eigenvalue weighted by Gasteiger charge is -2.39. The Morgan fingerprint density at radius 2 is 1.63 bits per heavy atom. The Kier molecular flexibility index (Phi) is 9.75. The van der Waals surface area contributed by atoms with Gasteiger partial charge in [-0.1, -0.05) is 49.4 Å². The Hall–Kier alpha value is -3.95. The van der Waals surface area contributed by atoms with E-state index in [-0.39, 0.29) is 43.3 Å². The van der Waals surface area contributed by atoms with Crippen LogP contribution in [0.4, 0.5) is 11.4 Å². The third kappa shape index (κ3) is 5.43. The van der Waals surface area contributed by atoms with Crippen LogP contribution in [0.5, 0.6) is 0 Å². The normalized spacial score (nSPS) is 27.8. The Labute approximate surface area is 273 Å². The summed E-state index contributed by atoms with van der Waals surface area (Å²) in [7, 11) is 0. The Morgan fingerprint density at radius 1 is 1.00 bits per heavy atom. The summed E-state index contributed by atoms with van der Waals surface area (Å²) in [6.45, 7) is 18.2. The molecule has 3 fully saturated rings. The van der Waals surface area contributed by atoms with Crippen molar-refractivity contribution in [1.82, 2.24) is 9.80 Å². The first-order valence-corrected chi connectivity index (χ1v) is 16.4. The molecule has 0 aromatic heterocycles. The Morgan fingerprint density at radius 3 is 2.22 bits per heavy atom. The predicted octanol–water partition coefficient (Wildman–Crippen LogP) is 4.27. The Bertz CT molecular complexity index is 1440. The third-order valence-electron chi connectivity index (χ3n) is 10.4. The minimum atomic E-state index is -1.22.